The van der Waals surface area contributed by atoms with Gasteiger partial charge in [-0.15, -0.1) is 0 Å². The number of esters is 1. The second-order valence-corrected chi connectivity index (χ2v) is 11.1. The molecule has 5 rings (SSSR count). The molecule has 0 aliphatic heterocycles. The maximum Gasteiger partial charge on any atom is 0.348 e. The summed E-state index contributed by atoms with van der Waals surface area (Å²) < 4.78 is 13.4. The summed E-state index contributed by atoms with van der Waals surface area (Å²) in [5.41, 5.74) is 4.53. The number of fused-ring (bicyclic) bond motifs is 1. The number of hydrogen-bond acceptors (Lipinski definition) is 9. The van der Waals surface area contributed by atoms with Gasteiger partial charge in [-0.05, 0) is 38.4 Å². The third-order valence-electron chi connectivity index (χ3n) is 7.53. The number of nitrogens with zero attached hydrogens (tertiary/aromatic N) is 6. The molecule has 2 aromatic carbocycles. The van der Waals surface area contributed by atoms with Crippen molar-refractivity contribution in [2.75, 3.05) is 51.6 Å². The number of carbonyl (C=O) groups is 2. The second-order valence-electron chi connectivity index (χ2n) is 11.1. The second kappa shape index (κ2) is 14.0. The molecule has 0 saturated heterocycles. The number of carbonyl (C=O) groups excluding carboxylic acids is 2. The topological polar surface area (TPSA) is 115 Å². The molecular formula is C35H37N7O4. The van der Waals surface area contributed by atoms with Crippen LogP contribution in [-0.2, 0) is 18.3 Å². The molecule has 0 aliphatic carbocycles. The molecule has 236 valence electrons. The van der Waals surface area contributed by atoms with E-state index in [0.29, 0.717) is 23.0 Å². The van der Waals surface area contributed by atoms with Crippen LogP contribution >= 0.6 is 0 Å². The van der Waals surface area contributed by atoms with E-state index in [0.717, 1.165) is 40.8 Å². The molecule has 0 bridgehead atoms. The highest BCUT2D eigenvalue weighted by Gasteiger charge is 2.23. The molecule has 46 heavy (non-hydrogen) atoms. The van der Waals surface area contributed by atoms with Crippen LogP contribution in [0.4, 0.5) is 11.4 Å². The van der Waals surface area contributed by atoms with Crippen molar-refractivity contribution in [1.82, 2.24) is 24.4 Å². The average Bonchev–Trinajstić information content (AvgIpc) is 3.40. The van der Waals surface area contributed by atoms with Gasteiger partial charge in [-0.3, -0.25) is 4.79 Å². The number of pyridine rings is 1. The lowest BCUT2D eigenvalue weighted by Gasteiger charge is -2.25. The molecule has 3 heterocycles. The molecule has 0 unspecified atom stereocenters. The van der Waals surface area contributed by atoms with E-state index in [1.54, 1.807) is 31.5 Å². The summed E-state index contributed by atoms with van der Waals surface area (Å²) in [4.78, 5) is 43.7. The molecule has 11 heteroatoms. The number of aryl methyl sites for hydroxylation is 1. The summed E-state index contributed by atoms with van der Waals surface area (Å²) in [5, 5.41) is 3.86. The Hall–Kier alpha value is -5.55. The van der Waals surface area contributed by atoms with E-state index >= 15 is 0 Å². The molecule has 0 fully saturated rings. The molecular weight excluding hydrogens is 582 g/mol. The summed E-state index contributed by atoms with van der Waals surface area (Å²) in [7, 11) is 9.52. The van der Waals surface area contributed by atoms with Crippen LogP contribution in [0.25, 0.3) is 22.2 Å². The number of ether oxygens (including phenoxy) is 2. The number of anilines is 2. The van der Waals surface area contributed by atoms with Gasteiger partial charge in [0.15, 0.2) is 0 Å². The minimum atomic E-state index is -0.620. The van der Waals surface area contributed by atoms with Gasteiger partial charge in [0.1, 0.15) is 17.1 Å². The Morgan fingerprint density at radius 3 is 2.54 bits per heavy atom. The molecule has 3 aromatic heterocycles. The molecule has 5 aromatic rings. The first-order chi connectivity index (χ1) is 22.2. The van der Waals surface area contributed by atoms with Gasteiger partial charge in [-0.25, -0.2) is 19.7 Å². The highest BCUT2D eigenvalue weighted by molar-refractivity contribution is 6.03. The van der Waals surface area contributed by atoms with Crippen molar-refractivity contribution >= 4 is 34.2 Å². The number of aromatic nitrogens is 4. The van der Waals surface area contributed by atoms with Crippen LogP contribution in [0.15, 0.2) is 85.8 Å². The highest BCUT2D eigenvalue weighted by Crippen LogP contribution is 2.36. The fourth-order valence-corrected chi connectivity index (χ4v) is 5.13. The van der Waals surface area contributed by atoms with Gasteiger partial charge in [-0.2, -0.15) is 0 Å². The summed E-state index contributed by atoms with van der Waals surface area (Å²) in [6.07, 6.45) is 6.47. The van der Waals surface area contributed by atoms with Gasteiger partial charge >= 0.3 is 5.97 Å². The van der Waals surface area contributed by atoms with Crippen molar-refractivity contribution in [2.24, 2.45) is 7.05 Å². The standard InChI is InChI=1S/C35H37N7O4/c1-7-32(43)38-27-18-23(30(45-6)20-29(27)41(4)17-16-40(2)3)19-31-37-21-25(35(44)46-33-14-10-11-15-36-33)34(39-31)26-22-42(5)28-13-9-8-12-24(26)28/h7-15,18,20-22H,1,16-17,19H2,2-6H3,(H,38,43). The summed E-state index contributed by atoms with van der Waals surface area (Å²) in [6.45, 7) is 5.14. The van der Waals surface area contributed by atoms with Crippen molar-refractivity contribution in [3.05, 3.63) is 103 Å². The summed E-state index contributed by atoms with van der Waals surface area (Å²) >= 11 is 0. The first-order valence-corrected chi connectivity index (χ1v) is 14.7. The number of methoxy groups -OCH3 is 1. The Morgan fingerprint density at radius 2 is 1.83 bits per heavy atom. The first-order valence-electron chi connectivity index (χ1n) is 14.7. The van der Waals surface area contributed by atoms with E-state index in [-0.39, 0.29) is 23.8 Å². The van der Waals surface area contributed by atoms with Gasteiger partial charge in [-0.1, -0.05) is 30.8 Å². The van der Waals surface area contributed by atoms with Crippen LogP contribution < -0.4 is 19.7 Å². The highest BCUT2D eigenvalue weighted by atomic mass is 16.5. The zero-order chi connectivity index (χ0) is 32.8. The zero-order valence-corrected chi connectivity index (χ0v) is 26.7. The Labute approximate surface area is 268 Å². The van der Waals surface area contributed by atoms with Crippen LogP contribution in [0.3, 0.4) is 0 Å². The number of rotatable bonds is 12. The van der Waals surface area contributed by atoms with Crippen LogP contribution in [0.1, 0.15) is 21.7 Å². The molecule has 1 amide bonds. The van der Waals surface area contributed by atoms with Gasteiger partial charge in [0, 0.05) is 86.4 Å². The zero-order valence-electron chi connectivity index (χ0n) is 26.7. The summed E-state index contributed by atoms with van der Waals surface area (Å²) in [6, 6.07) is 16.8. The molecule has 0 aliphatic rings. The molecule has 0 spiro atoms. The Morgan fingerprint density at radius 1 is 1.04 bits per heavy atom. The monoisotopic (exact) mass is 619 g/mol. The summed E-state index contributed by atoms with van der Waals surface area (Å²) in [5.74, 6) is 0.284. The number of hydrogen-bond donors (Lipinski definition) is 1. The Balaban J connectivity index is 1.59. The third kappa shape index (κ3) is 7.05. The van der Waals surface area contributed by atoms with Gasteiger partial charge in [0.05, 0.1) is 24.2 Å². The van der Waals surface area contributed by atoms with E-state index in [1.165, 1.54) is 12.3 Å². The lowest BCUT2D eigenvalue weighted by atomic mass is 10.0. The van der Waals surface area contributed by atoms with E-state index in [4.69, 9.17) is 14.5 Å². The first kappa shape index (κ1) is 31.9. The SMILES string of the molecule is C=CC(=O)Nc1cc(Cc2ncc(C(=O)Oc3ccccn3)c(-c3cn(C)c4ccccc34)n2)c(OC)cc1N(C)CCN(C)C. The van der Waals surface area contributed by atoms with E-state index in [9.17, 15) is 9.59 Å². The maximum absolute atomic E-state index is 13.5. The van der Waals surface area contributed by atoms with Crippen molar-refractivity contribution < 1.29 is 19.1 Å². The molecule has 0 atom stereocenters. The van der Waals surface area contributed by atoms with Crippen LogP contribution in [-0.4, -0.2) is 77.6 Å². The Kier molecular flexibility index (Phi) is 9.73. The maximum atomic E-state index is 13.5. The average molecular weight is 620 g/mol. The number of likely N-dealkylation sites (N-methyl/N-ethyl adjacent to an activating group) is 2. The minimum absolute atomic E-state index is 0.176. The molecule has 1 N–H and O–H groups in total. The largest absolute Gasteiger partial charge is 0.496 e. The lowest BCUT2D eigenvalue weighted by Crippen LogP contribution is -2.29. The number of benzene rings is 2. The van der Waals surface area contributed by atoms with E-state index < -0.39 is 5.97 Å². The minimum Gasteiger partial charge on any atom is -0.496 e. The fraction of sp³-hybridized carbons (Fsp3) is 0.229. The third-order valence-corrected chi connectivity index (χ3v) is 7.53. The number of para-hydroxylation sites is 1. The van der Waals surface area contributed by atoms with E-state index in [1.807, 2.05) is 75.4 Å². The van der Waals surface area contributed by atoms with Crippen molar-refractivity contribution in [2.45, 2.75) is 6.42 Å². The van der Waals surface area contributed by atoms with Crippen LogP contribution in [0.5, 0.6) is 11.6 Å². The predicted molar refractivity (Wildman–Crippen MR) is 180 cm³/mol. The quantitative estimate of drug-likeness (QED) is 0.153. The van der Waals surface area contributed by atoms with Gasteiger partial charge in [0.2, 0.25) is 11.8 Å². The van der Waals surface area contributed by atoms with Crippen LogP contribution in [0.2, 0.25) is 0 Å². The van der Waals surface area contributed by atoms with Crippen molar-refractivity contribution in [3.63, 3.8) is 0 Å². The number of nitrogens with one attached hydrogen (secondary N) is 1. The van der Waals surface area contributed by atoms with E-state index in [2.05, 4.69) is 31.7 Å². The van der Waals surface area contributed by atoms with Crippen LogP contribution in [0, 0.1) is 0 Å². The fourth-order valence-electron chi connectivity index (χ4n) is 5.13. The molecule has 0 radical (unpaired) electrons. The Bertz CT molecular complexity index is 1890. The van der Waals surface area contributed by atoms with Gasteiger partial charge in [0.25, 0.3) is 0 Å². The lowest BCUT2D eigenvalue weighted by molar-refractivity contribution is -0.111. The predicted octanol–water partition coefficient (Wildman–Crippen LogP) is 4.97. The van der Waals surface area contributed by atoms with Crippen molar-refractivity contribution in [3.8, 4) is 22.9 Å². The molecule has 0 saturated carbocycles. The smallest absolute Gasteiger partial charge is 0.348 e. The van der Waals surface area contributed by atoms with Crippen molar-refractivity contribution in [1.29, 1.82) is 0 Å². The number of amides is 1. The molecule has 11 nitrogen and oxygen atoms in total. The normalized spacial score (nSPS) is 11.0. The van der Waals surface area contributed by atoms with Gasteiger partial charge < -0.3 is 29.2 Å².